The lowest BCUT2D eigenvalue weighted by molar-refractivity contribution is -0.0458. The van der Waals surface area contributed by atoms with Crippen molar-refractivity contribution in [2.75, 3.05) is 18.1 Å². The highest BCUT2D eigenvalue weighted by Gasteiger charge is 2.35. The molecule has 0 unspecified atom stereocenters. The minimum Gasteiger partial charge on any atom is -0.395 e. The lowest BCUT2D eigenvalue weighted by Gasteiger charge is -2.14. The molecule has 0 radical (unpaired) electrons. The second kappa shape index (κ2) is 4.32. The van der Waals surface area contributed by atoms with E-state index in [4.69, 9.17) is 21.3 Å². The first-order chi connectivity index (χ1) is 8.02. The molecule has 0 aromatic carbocycles. The topological polar surface area (TPSA) is 137 Å². The summed E-state index contributed by atoms with van der Waals surface area (Å²) in [6.45, 7) is -0.315. The van der Waals surface area contributed by atoms with Gasteiger partial charge in [-0.1, -0.05) is 0 Å². The highest BCUT2D eigenvalue weighted by molar-refractivity contribution is 5.55. The SMILES string of the molecule is Nc1cn([C@H]2C[C@@H](O)[C@H](CO)O2)c(=O)nc1N. The summed E-state index contributed by atoms with van der Waals surface area (Å²) < 4.78 is 6.47. The number of aliphatic hydroxyl groups is 2. The maximum Gasteiger partial charge on any atom is 0.351 e. The van der Waals surface area contributed by atoms with E-state index in [1.807, 2.05) is 0 Å². The van der Waals surface area contributed by atoms with Gasteiger partial charge in [0, 0.05) is 12.6 Å². The third kappa shape index (κ3) is 2.09. The van der Waals surface area contributed by atoms with Crippen LogP contribution in [-0.4, -0.2) is 38.6 Å². The van der Waals surface area contributed by atoms with Gasteiger partial charge < -0.3 is 26.4 Å². The van der Waals surface area contributed by atoms with E-state index in [0.717, 1.165) is 4.57 Å². The zero-order valence-corrected chi connectivity index (χ0v) is 8.98. The monoisotopic (exact) mass is 242 g/mol. The molecular weight excluding hydrogens is 228 g/mol. The van der Waals surface area contributed by atoms with E-state index in [1.54, 1.807) is 0 Å². The average Bonchev–Trinajstić information content (AvgIpc) is 2.65. The van der Waals surface area contributed by atoms with E-state index >= 15 is 0 Å². The summed E-state index contributed by atoms with van der Waals surface area (Å²) in [5, 5.41) is 18.5. The molecule has 1 fully saturated rings. The maximum absolute atomic E-state index is 11.6. The summed E-state index contributed by atoms with van der Waals surface area (Å²) in [6, 6.07) is 0. The molecule has 8 heteroatoms. The molecule has 1 saturated heterocycles. The van der Waals surface area contributed by atoms with Crippen molar-refractivity contribution in [1.82, 2.24) is 9.55 Å². The van der Waals surface area contributed by atoms with E-state index in [-0.39, 0.29) is 24.5 Å². The summed E-state index contributed by atoms with van der Waals surface area (Å²) in [5.74, 6) is -0.0384. The molecular formula is C9H14N4O4. The van der Waals surface area contributed by atoms with Gasteiger partial charge in [0.05, 0.1) is 18.4 Å². The van der Waals surface area contributed by atoms with Crippen molar-refractivity contribution < 1.29 is 14.9 Å². The fourth-order valence-electron chi connectivity index (χ4n) is 1.75. The highest BCUT2D eigenvalue weighted by atomic mass is 16.5. The minimum atomic E-state index is -0.823. The molecule has 1 aromatic heterocycles. The van der Waals surface area contributed by atoms with Gasteiger partial charge in [0.25, 0.3) is 0 Å². The largest absolute Gasteiger partial charge is 0.395 e. The lowest BCUT2D eigenvalue weighted by Crippen LogP contribution is -2.28. The van der Waals surface area contributed by atoms with Gasteiger partial charge in [-0.15, -0.1) is 0 Å². The molecule has 0 bridgehead atoms. The van der Waals surface area contributed by atoms with Crippen LogP contribution in [-0.2, 0) is 4.74 Å². The van der Waals surface area contributed by atoms with E-state index in [1.165, 1.54) is 6.20 Å². The Hall–Kier alpha value is -1.64. The summed E-state index contributed by atoms with van der Waals surface area (Å²) in [6.07, 6.45) is -0.704. The first-order valence-electron chi connectivity index (χ1n) is 5.11. The van der Waals surface area contributed by atoms with Gasteiger partial charge in [-0.3, -0.25) is 4.57 Å². The first-order valence-corrected chi connectivity index (χ1v) is 5.11. The van der Waals surface area contributed by atoms with Gasteiger partial charge in [0.15, 0.2) is 5.82 Å². The number of nitrogen functional groups attached to an aromatic ring is 2. The van der Waals surface area contributed by atoms with Crippen molar-refractivity contribution >= 4 is 11.5 Å². The third-order valence-corrected chi connectivity index (χ3v) is 2.71. The number of aromatic nitrogens is 2. The predicted molar refractivity (Wildman–Crippen MR) is 58.9 cm³/mol. The Balaban J connectivity index is 2.30. The van der Waals surface area contributed by atoms with Crippen LogP contribution in [0.5, 0.6) is 0 Å². The van der Waals surface area contributed by atoms with Gasteiger partial charge >= 0.3 is 5.69 Å². The van der Waals surface area contributed by atoms with Crippen molar-refractivity contribution in [1.29, 1.82) is 0 Å². The molecule has 0 amide bonds. The number of aliphatic hydroxyl groups excluding tert-OH is 2. The van der Waals surface area contributed by atoms with Gasteiger partial charge in [-0.25, -0.2) is 4.79 Å². The third-order valence-electron chi connectivity index (χ3n) is 2.71. The number of hydrogen-bond acceptors (Lipinski definition) is 7. The van der Waals surface area contributed by atoms with Crippen LogP contribution in [0.3, 0.4) is 0 Å². The molecule has 0 aliphatic carbocycles. The van der Waals surface area contributed by atoms with Crippen LogP contribution in [0, 0.1) is 0 Å². The minimum absolute atomic E-state index is 0.0384. The van der Waals surface area contributed by atoms with Gasteiger partial charge in [0.1, 0.15) is 12.3 Å². The Morgan fingerprint density at radius 2 is 2.29 bits per heavy atom. The average molecular weight is 242 g/mol. The number of ether oxygens (including phenoxy) is 1. The van der Waals surface area contributed by atoms with Crippen molar-refractivity contribution in [2.45, 2.75) is 24.9 Å². The van der Waals surface area contributed by atoms with Gasteiger partial charge in [0.2, 0.25) is 0 Å². The van der Waals surface area contributed by atoms with Crippen molar-refractivity contribution in [2.24, 2.45) is 0 Å². The van der Waals surface area contributed by atoms with Crippen molar-refractivity contribution in [3.63, 3.8) is 0 Å². The smallest absolute Gasteiger partial charge is 0.351 e. The number of anilines is 2. The van der Waals surface area contributed by atoms with Crippen LogP contribution in [0.25, 0.3) is 0 Å². The molecule has 94 valence electrons. The fourth-order valence-corrected chi connectivity index (χ4v) is 1.75. The zero-order chi connectivity index (χ0) is 12.6. The maximum atomic E-state index is 11.6. The first kappa shape index (κ1) is 11.8. The molecule has 1 aliphatic heterocycles. The second-order valence-electron chi connectivity index (χ2n) is 3.89. The van der Waals surface area contributed by atoms with E-state index in [2.05, 4.69) is 4.98 Å². The summed E-state index contributed by atoms with van der Waals surface area (Å²) >= 11 is 0. The van der Waals surface area contributed by atoms with Crippen LogP contribution in [0.2, 0.25) is 0 Å². The molecule has 0 saturated carbocycles. The number of rotatable bonds is 2. The van der Waals surface area contributed by atoms with Crippen molar-refractivity contribution in [3.8, 4) is 0 Å². The van der Waals surface area contributed by atoms with Crippen LogP contribution in [0.4, 0.5) is 11.5 Å². The molecule has 8 nitrogen and oxygen atoms in total. The molecule has 0 spiro atoms. The van der Waals surface area contributed by atoms with E-state index in [9.17, 15) is 9.90 Å². The number of nitrogens with two attached hydrogens (primary N) is 2. The summed E-state index contributed by atoms with van der Waals surface area (Å²) in [5.41, 5.74) is 10.5. The Morgan fingerprint density at radius 3 is 2.88 bits per heavy atom. The summed E-state index contributed by atoms with van der Waals surface area (Å²) in [4.78, 5) is 15.1. The van der Waals surface area contributed by atoms with E-state index in [0.29, 0.717) is 0 Å². The second-order valence-corrected chi connectivity index (χ2v) is 3.89. The van der Waals surface area contributed by atoms with Crippen molar-refractivity contribution in [3.05, 3.63) is 16.7 Å². The van der Waals surface area contributed by atoms with Crippen LogP contribution in [0.1, 0.15) is 12.6 Å². The molecule has 1 aromatic rings. The van der Waals surface area contributed by atoms with Crippen LogP contribution < -0.4 is 17.2 Å². The number of hydrogen-bond donors (Lipinski definition) is 4. The Kier molecular flexibility index (Phi) is 3.01. The molecule has 2 rings (SSSR count). The predicted octanol–water partition coefficient (Wildman–Crippen LogP) is -1.95. The quantitative estimate of drug-likeness (QED) is 0.473. The lowest BCUT2D eigenvalue weighted by atomic mass is 10.2. The highest BCUT2D eigenvalue weighted by Crippen LogP contribution is 2.27. The van der Waals surface area contributed by atoms with E-state index < -0.39 is 24.1 Å². The fraction of sp³-hybridized carbons (Fsp3) is 0.556. The van der Waals surface area contributed by atoms with Gasteiger partial charge in [-0.05, 0) is 0 Å². The number of nitrogens with zero attached hydrogens (tertiary/aromatic N) is 2. The molecule has 1 aliphatic rings. The normalized spacial score (nSPS) is 28.5. The Bertz CT molecular complexity index is 475. The Morgan fingerprint density at radius 1 is 1.59 bits per heavy atom. The van der Waals surface area contributed by atoms with Crippen LogP contribution >= 0.6 is 0 Å². The molecule has 6 N–H and O–H groups in total. The molecule has 17 heavy (non-hydrogen) atoms. The zero-order valence-electron chi connectivity index (χ0n) is 8.98. The standard InChI is InChI=1S/C9H14N4O4/c10-4-2-13(9(16)12-8(4)11)7-1-5(15)6(3-14)17-7/h2,5-7,14-15H,1,3,10H2,(H2,11,12,16)/t5-,6+,7-/m1/s1. The van der Waals surface area contributed by atoms with Gasteiger partial charge in [-0.2, -0.15) is 4.98 Å². The Labute approximate surface area is 96.4 Å². The summed E-state index contributed by atoms with van der Waals surface area (Å²) in [7, 11) is 0. The van der Waals surface area contributed by atoms with Crippen LogP contribution in [0.15, 0.2) is 11.0 Å². The molecule has 2 heterocycles. The molecule has 3 atom stereocenters.